The Morgan fingerprint density at radius 2 is 1.78 bits per heavy atom. The molecule has 0 spiro atoms. The fourth-order valence-corrected chi connectivity index (χ4v) is 1.38. The number of rotatable bonds is 7. The van der Waals surface area contributed by atoms with Gasteiger partial charge in [-0.2, -0.15) is 0 Å². The third-order valence-electron chi connectivity index (χ3n) is 2.35. The Balaban J connectivity index is 2.20. The van der Waals surface area contributed by atoms with Gasteiger partial charge in [0.1, 0.15) is 0 Å². The Labute approximate surface area is 106 Å². The van der Waals surface area contributed by atoms with Crippen LogP contribution >= 0.6 is 0 Å². The van der Waals surface area contributed by atoms with Crippen molar-refractivity contribution in [2.24, 2.45) is 0 Å². The lowest BCUT2D eigenvalue weighted by molar-refractivity contribution is -0.120. The molecule has 5 heteroatoms. The summed E-state index contributed by atoms with van der Waals surface area (Å²) in [4.78, 5) is 23.0. The molecule has 0 fully saturated rings. The molecule has 18 heavy (non-hydrogen) atoms. The maximum absolute atomic E-state index is 11.6. The molecule has 1 rings (SSSR count). The molecule has 3 N–H and O–H groups in total. The zero-order valence-corrected chi connectivity index (χ0v) is 10.2. The van der Waals surface area contributed by atoms with Crippen LogP contribution in [-0.2, 0) is 4.79 Å². The van der Waals surface area contributed by atoms with Crippen LogP contribution in [0.1, 0.15) is 23.2 Å². The number of aliphatic hydroxyl groups is 1. The quantitative estimate of drug-likeness (QED) is 0.609. The van der Waals surface area contributed by atoms with Crippen LogP contribution < -0.4 is 10.6 Å². The van der Waals surface area contributed by atoms with Crippen LogP contribution in [0.4, 0.5) is 0 Å². The molecule has 0 unspecified atom stereocenters. The van der Waals surface area contributed by atoms with Crippen molar-refractivity contribution in [3.63, 3.8) is 0 Å². The molecule has 0 aliphatic carbocycles. The summed E-state index contributed by atoms with van der Waals surface area (Å²) < 4.78 is 0. The van der Waals surface area contributed by atoms with Crippen molar-refractivity contribution in [3.8, 4) is 0 Å². The molecule has 0 aromatic heterocycles. The van der Waals surface area contributed by atoms with E-state index in [1.54, 1.807) is 24.3 Å². The highest BCUT2D eigenvalue weighted by atomic mass is 16.3. The van der Waals surface area contributed by atoms with Gasteiger partial charge in [-0.1, -0.05) is 18.2 Å². The number of carbonyl (C=O) groups is 2. The molecule has 0 bridgehead atoms. The lowest BCUT2D eigenvalue weighted by Crippen LogP contribution is -2.37. The molecule has 1 aromatic rings. The predicted octanol–water partition coefficient (Wildman–Crippen LogP) is 0.305. The molecule has 0 aliphatic heterocycles. The number of aliphatic hydroxyl groups excluding tert-OH is 1. The van der Waals surface area contributed by atoms with Crippen molar-refractivity contribution < 1.29 is 14.7 Å². The smallest absolute Gasteiger partial charge is 0.251 e. The van der Waals surface area contributed by atoms with E-state index in [0.29, 0.717) is 18.5 Å². The van der Waals surface area contributed by atoms with Gasteiger partial charge in [0.05, 0.1) is 6.54 Å². The van der Waals surface area contributed by atoms with Crippen molar-refractivity contribution in [2.75, 3.05) is 19.7 Å². The van der Waals surface area contributed by atoms with Crippen LogP contribution in [0.15, 0.2) is 30.3 Å². The van der Waals surface area contributed by atoms with Crippen LogP contribution in [0.3, 0.4) is 0 Å². The van der Waals surface area contributed by atoms with Gasteiger partial charge in [0.2, 0.25) is 5.91 Å². The summed E-state index contributed by atoms with van der Waals surface area (Å²) in [6, 6.07) is 8.74. The molecule has 0 heterocycles. The first kappa shape index (κ1) is 14.2. The Morgan fingerprint density at radius 1 is 1.06 bits per heavy atom. The summed E-state index contributed by atoms with van der Waals surface area (Å²) in [5, 5.41) is 13.8. The maximum Gasteiger partial charge on any atom is 0.251 e. The number of carbonyl (C=O) groups excluding carboxylic acids is 2. The minimum Gasteiger partial charge on any atom is -0.396 e. The number of hydrogen-bond donors (Lipinski definition) is 3. The summed E-state index contributed by atoms with van der Waals surface area (Å²) in [6.07, 6.45) is 1.39. The van der Waals surface area contributed by atoms with Gasteiger partial charge in [0.25, 0.3) is 5.91 Å². The zero-order chi connectivity index (χ0) is 13.2. The van der Waals surface area contributed by atoms with Gasteiger partial charge in [-0.15, -0.1) is 0 Å². The highest BCUT2D eigenvalue weighted by Crippen LogP contribution is 1.97. The third-order valence-corrected chi connectivity index (χ3v) is 2.35. The first-order chi connectivity index (χ1) is 8.74. The van der Waals surface area contributed by atoms with Gasteiger partial charge in [0.15, 0.2) is 0 Å². The molecule has 0 saturated heterocycles. The highest BCUT2D eigenvalue weighted by Gasteiger charge is 2.06. The number of unbranched alkanes of at least 4 members (excludes halogenated alkanes) is 1. The van der Waals surface area contributed by atoms with Crippen molar-refractivity contribution in [3.05, 3.63) is 35.9 Å². The number of hydrogen-bond acceptors (Lipinski definition) is 3. The van der Waals surface area contributed by atoms with Gasteiger partial charge in [-0.05, 0) is 25.0 Å². The summed E-state index contributed by atoms with van der Waals surface area (Å²) in [5.74, 6) is -0.488. The molecule has 1 aromatic carbocycles. The van der Waals surface area contributed by atoms with Gasteiger partial charge in [-0.25, -0.2) is 0 Å². The summed E-state index contributed by atoms with van der Waals surface area (Å²) in [6.45, 7) is 0.605. The number of amides is 2. The lowest BCUT2D eigenvalue weighted by atomic mass is 10.2. The average molecular weight is 250 g/mol. The predicted molar refractivity (Wildman–Crippen MR) is 68.1 cm³/mol. The molecule has 0 aliphatic rings. The molecule has 5 nitrogen and oxygen atoms in total. The molecule has 98 valence electrons. The van der Waals surface area contributed by atoms with Crippen LogP contribution in [0.25, 0.3) is 0 Å². The van der Waals surface area contributed by atoms with E-state index in [-0.39, 0.29) is 25.0 Å². The van der Waals surface area contributed by atoms with Crippen LogP contribution in [0.2, 0.25) is 0 Å². The van der Waals surface area contributed by atoms with E-state index in [9.17, 15) is 9.59 Å². The summed E-state index contributed by atoms with van der Waals surface area (Å²) in [5.41, 5.74) is 0.533. The van der Waals surface area contributed by atoms with E-state index in [1.165, 1.54) is 0 Å². The molecule has 0 saturated carbocycles. The summed E-state index contributed by atoms with van der Waals surface area (Å²) >= 11 is 0. The lowest BCUT2D eigenvalue weighted by Gasteiger charge is -2.06. The van der Waals surface area contributed by atoms with Crippen LogP contribution in [-0.4, -0.2) is 36.6 Å². The number of nitrogens with one attached hydrogen (secondary N) is 2. The number of benzene rings is 1. The molecule has 0 radical (unpaired) electrons. The SMILES string of the molecule is O=C(CNC(=O)c1ccccc1)NCCCCO. The van der Waals surface area contributed by atoms with Gasteiger partial charge in [-0.3, -0.25) is 9.59 Å². The monoisotopic (exact) mass is 250 g/mol. The second kappa shape index (κ2) is 8.25. The highest BCUT2D eigenvalue weighted by molar-refractivity contribution is 5.96. The maximum atomic E-state index is 11.6. The Morgan fingerprint density at radius 3 is 2.44 bits per heavy atom. The van der Waals surface area contributed by atoms with Gasteiger partial charge >= 0.3 is 0 Å². The minimum atomic E-state index is -0.263. The van der Waals surface area contributed by atoms with Crippen molar-refractivity contribution in [1.82, 2.24) is 10.6 Å². The van der Waals surface area contributed by atoms with Crippen molar-refractivity contribution >= 4 is 11.8 Å². The van der Waals surface area contributed by atoms with E-state index in [0.717, 1.165) is 6.42 Å². The normalized spacial score (nSPS) is 9.83. The Kier molecular flexibility index (Phi) is 6.50. The van der Waals surface area contributed by atoms with E-state index in [1.807, 2.05) is 6.07 Å². The molecular weight excluding hydrogens is 232 g/mol. The largest absolute Gasteiger partial charge is 0.396 e. The van der Waals surface area contributed by atoms with Crippen LogP contribution in [0.5, 0.6) is 0 Å². The van der Waals surface area contributed by atoms with Gasteiger partial charge < -0.3 is 15.7 Å². The minimum absolute atomic E-state index is 0.0349. The van der Waals surface area contributed by atoms with Gasteiger partial charge in [0, 0.05) is 18.7 Å². The average Bonchev–Trinajstić information content (AvgIpc) is 2.42. The molecular formula is C13H18N2O3. The van der Waals surface area contributed by atoms with Crippen molar-refractivity contribution in [2.45, 2.75) is 12.8 Å². The summed E-state index contributed by atoms with van der Waals surface area (Å²) in [7, 11) is 0. The molecule has 2 amide bonds. The second-order valence-electron chi connectivity index (χ2n) is 3.83. The van der Waals surface area contributed by atoms with E-state index in [4.69, 9.17) is 5.11 Å². The first-order valence-corrected chi connectivity index (χ1v) is 5.95. The zero-order valence-electron chi connectivity index (χ0n) is 10.2. The van der Waals surface area contributed by atoms with Crippen LogP contribution in [0, 0.1) is 0 Å². The fourth-order valence-electron chi connectivity index (χ4n) is 1.38. The third kappa shape index (κ3) is 5.45. The van der Waals surface area contributed by atoms with Crippen molar-refractivity contribution in [1.29, 1.82) is 0 Å². The van der Waals surface area contributed by atoms with E-state index >= 15 is 0 Å². The van der Waals surface area contributed by atoms with E-state index < -0.39 is 0 Å². The van der Waals surface area contributed by atoms with E-state index in [2.05, 4.69) is 10.6 Å². The topological polar surface area (TPSA) is 78.4 Å². The fraction of sp³-hybridized carbons (Fsp3) is 0.385. The standard InChI is InChI=1S/C13H18N2O3/c16-9-5-4-8-14-12(17)10-15-13(18)11-6-2-1-3-7-11/h1-3,6-7,16H,4-5,8-10H2,(H,14,17)(H,15,18). The Bertz CT molecular complexity index is 379. The Hall–Kier alpha value is -1.88. The molecule has 0 atom stereocenters. The first-order valence-electron chi connectivity index (χ1n) is 5.95. The second-order valence-corrected chi connectivity index (χ2v) is 3.83.